The average molecular weight is 270 g/mol. The van der Waals surface area contributed by atoms with Gasteiger partial charge in [-0.25, -0.2) is 4.39 Å². The van der Waals surface area contributed by atoms with Crippen molar-refractivity contribution in [1.29, 1.82) is 0 Å². The van der Waals surface area contributed by atoms with Gasteiger partial charge in [0.2, 0.25) is 0 Å². The fourth-order valence-corrected chi connectivity index (χ4v) is 2.74. The molecule has 0 aromatic heterocycles. The molecule has 20 heavy (non-hydrogen) atoms. The zero-order valence-corrected chi connectivity index (χ0v) is 11.7. The summed E-state index contributed by atoms with van der Waals surface area (Å²) in [5.74, 6) is -0.181. The van der Waals surface area contributed by atoms with E-state index >= 15 is 0 Å². The Morgan fingerprint density at radius 2 is 2.10 bits per heavy atom. The van der Waals surface area contributed by atoms with E-state index < -0.39 is 0 Å². The standard InChI is InChI=1S/C17H19FN2/c1-2-20(16-5-3-4-15(18)11-16)12-13-6-7-17-14(10-13)8-9-19-17/h3-7,10-11,19H,2,8-9,12H2,1H3. The molecule has 1 aliphatic heterocycles. The monoisotopic (exact) mass is 270 g/mol. The Labute approximate surface area is 119 Å². The van der Waals surface area contributed by atoms with Crippen molar-refractivity contribution in [3.63, 3.8) is 0 Å². The highest BCUT2D eigenvalue weighted by atomic mass is 19.1. The molecule has 1 N–H and O–H groups in total. The van der Waals surface area contributed by atoms with Crippen LogP contribution in [-0.2, 0) is 13.0 Å². The molecule has 0 atom stereocenters. The van der Waals surface area contributed by atoms with Crippen LogP contribution in [0, 0.1) is 5.82 Å². The zero-order chi connectivity index (χ0) is 13.9. The molecule has 2 nitrogen and oxygen atoms in total. The second kappa shape index (κ2) is 5.53. The van der Waals surface area contributed by atoms with Crippen LogP contribution in [0.4, 0.5) is 15.8 Å². The van der Waals surface area contributed by atoms with Crippen LogP contribution in [0.1, 0.15) is 18.1 Å². The Bertz CT molecular complexity index is 610. The molecule has 3 heteroatoms. The van der Waals surface area contributed by atoms with Crippen molar-refractivity contribution in [2.24, 2.45) is 0 Å². The Kier molecular flexibility index (Phi) is 3.59. The summed E-state index contributed by atoms with van der Waals surface area (Å²) in [5, 5.41) is 3.37. The SMILES string of the molecule is CCN(Cc1ccc2c(c1)CCN2)c1cccc(F)c1. The van der Waals surface area contributed by atoms with E-state index in [-0.39, 0.29) is 5.82 Å². The Morgan fingerprint density at radius 1 is 1.20 bits per heavy atom. The first kappa shape index (κ1) is 13.0. The van der Waals surface area contributed by atoms with E-state index in [1.165, 1.54) is 22.9 Å². The lowest BCUT2D eigenvalue weighted by Crippen LogP contribution is -2.22. The first-order chi connectivity index (χ1) is 9.76. The van der Waals surface area contributed by atoms with Crippen LogP contribution in [0.15, 0.2) is 42.5 Å². The first-order valence-corrected chi connectivity index (χ1v) is 7.12. The molecule has 0 bridgehead atoms. The van der Waals surface area contributed by atoms with Crippen LogP contribution in [0.25, 0.3) is 0 Å². The van der Waals surface area contributed by atoms with E-state index in [0.717, 1.165) is 31.7 Å². The average Bonchev–Trinajstić information content (AvgIpc) is 2.92. The smallest absolute Gasteiger partial charge is 0.125 e. The summed E-state index contributed by atoms with van der Waals surface area (Å²) < 4.78 is 13.3. The van der Waals surface area contributed by atoms with Crippen LogP contribution in [0.5, 0.6) is 0 Å². The fraction of sp³-hybridized carbons (Fsp3) is 0.294. The summed E-state index contributed by atoms with van der Waals surface area (Å²) >= 11 is 0. The van der Waals surface area contributed by atoms with Crippen molar-refractivity contribution < 1.29 is 4.39 Å². The molecular weight excluding hydrogens is 251 g/mol. The minimum absolute atomic E-state index is 0.181. The molecule has 0 spiro atoms. The summed E-state index contributed by atoms with van der Waals surface area (Å²) in [4.78, 5) is 2.19. The molecule has 3 rings (SSSR count). The number of rotatable bonds is 4. The second-order valence-corrected chi connectivity index (χ2v) is 5.16. The zero-order valence-electron chi connectivity index (χ0n) is 11.7. The number of nitrogens with zero attached hydrogens (tertiary/aromatic N) is 1. The number of hydrogen-bond acceptors (Lipinski definition) is 2. The van der Waals surface area contributed by atoms with Crippen LogP contribution >= 0.6 is 0 Å². The van der Waals surface area contributed by atoms with Gasteiger partial charge in [-0.15, -0.1) is 0 Å². The van der Waals surface area contributed by atoms with Gasteiger partial charge in [0.05, 0.1) is 0 Å². The summed E-state index contributed by atoms with van der Waals surface area (Å²) in [7, 11) is 0. The quantitative estimate of drug-likeness (QED) is 0.908. The number of halogens is 1. The number of nitrogens with one attached hydrogen (secondary N) is 1. The van der Waals surface area contributed by atoms with Gasteiger partial charge in [0.15, 0.2) is 0 Å². The molecule has 104 valence electrons. The molecular formula is C17H19FN2. The summed E-state index contributed by atoms with van der Waals surface area (Å²) in [6, 6.07) is 13.4. The van der Waals surface area contributed by atoms with Crippen LogP contribution in [0.2, 0.25) is 0 Å². The van der Waals surface area contributed by atoms with Crippen molar-refractivity contribution in [3.05, 3.63) is 59.4 Å². The molecule has 1 heterocycles. The summed E-state index contributed by atoms with van der Waals surface area (Å²) in [6.07, 6.45) is 1.09. The fourth-order valence-electron chi connectivity index (χ4n) is 2.74. The van der Waals surface area contributed by atoms with Crippen LogP contribution in [0.3, 0.4) is 0 Å². The number of benzene rings is 2. The lowest BCUT2D eigenvalue weighted by Gasteiger charge is -2.23. The van der Waals surface area contributed by atoms with Crippen molar-refractivity contribution in [2.45, 2.75) is 19.9 Å². The van der Waals surface area contributed by atoms with E-state index in [0.29, 0.717) is 0 Å². The molecule has 0 unspecified atom stereocenters. The topological polar surface area (TPSA) is 15.3 Å². The molecule has 0 radical (unpaired) electrons. The van der Waals surface area contributed by atoms with Gasteiger partial charge in [0, 0.05) is 31.0 Å². The highest BCUT2D eigenvalue weighted by Crippen LogP contribution is 2.25. The highest BCUT2D eigenvalue weighted by Gasteiger charge is 2.12. The number of fused-ring (bicyclic) bond motifs is 1. The molecule has 0 fully saturated rings. The predicted octanol–water partition coefficient (Wildman–Crippen LogP) is 3.82. The van der Waals surface area contributed by atoms with Gasteiger partial charge < -0.3 is 10.2 Å². The van der Waals surface area contributed by atoms with Crippen LogP contribution < -0.4 is 10.2 Å². The Balaban J connectivity index is 1.81. The van der Waals surface area contributed by atoms with Gasteiger partial charge in [-0.2, -0.15) is 0 Å². The largest absolute Gasteiger partial charge is 0.384 e. The Morgan fingerprint density at radius 3 is 2.90 bits per heavy atom. The highest BCUT2D eigenvalue weighted by molar-refractivity contribution is 5.57. The number of hydrogen-bond donors (Lipinski definition) is 1. The minimum atomic E-state index is -0.181. The molecule has 0 aliphatic carbocycles. The predicted molar refractivity (Wildman–Crippen MR) is 81.8 cm³/mol. The van der Waals surface area contributed by atoms with Gasteiger partial charge in [-0.1, -0.05) is 18.2 Å². The maximum absolute atomic E-state index is 13.3. The van der Waals surface area contributed by atoms with E-state index in [2.05, 4.69) is 35.3 Å². The normalized spacial score (nSPS) is 12.9. The van der Waals surface area contributed by atoms with Gasteiger partial charge >= 0.3 is 0 Å². The lowest BCUT2D eigenvalue weighted by atomic mass is 10.1. The van der Waals surface area contributed by atoms with Crippen molar-refractivity contribution in [3.8, 4) is 0 Å². The van der Waals surface area contributed by atoms with Gasteiger partial charge in [0.1, 0.15) is 5.82 Å². The first-order valence-electron chi connectivity index (χ1n) is 7.12. The molecule has 0 saturated heterocycles. The van der Waals surface area contributed by atoms with E-state index in [1.54, 1.807) is 12.1 Å². The third kappa shape index (κ3) is 2.62. The minimum Gasteiger partial charge on any atom is -0.384 e. The van der Waals surface area contributed by atoms with Gasteiger partial charge in [0.25, 0.3) is 0 Å². The molecule has 1 aliphatic rings. The third-order valence-corrected chi connectivity index (χ3v) is 3.81. The number of anilines is 2. The van der Waals surface area contributed by atoms with Crippen molar-refractivity contribution in [2.75, 3.05) is 23.3 Å². The third-order valence-electron chi connectivity index (χ3n) is 3.81. The van der Waals surface area contributed by atoms with Gasteiger partial charge in [-0.05, 0) is 48.7 Å². The maximum Gasteiger partial charge on any atom is 0.125 e. The van der Waals surface area contributed by atoms with Crippen molar-refractivity contribution >= 4 is 11.4 Å². The van der Waals surface area contributed by atoms with Gasteiger partial charge in [-0.3, -0.25) is 0 Å². The molecule has 0 amide bonds. The lowest BCUT2D eigenvalue weighted by molar-refractivity contribution is 0.626. The Hall–Kier alpha value is -2.03. The van der Waals surface area contributed by atoms with Crippen LogP contribution in [-0.4, -0.2) is 13.1 Å². The van der Waals surface area contributed by atoms with E-state index in [1.807, 2.05) is 6.07 Å². The molecule has 2 aromatic carbocycles. The second-order valence-electron chi connectivity index (χ2n) is 5.16. The molecule has 0 saturated carbocycles. The van der Waals surface area contributed by atoms with E-state index in [9.17, 15) is 4.39 Å². The summed E-state index contributed by atoms with van der Waals surface area (Å²) in [5.41, 5.74) is 4.85. The van der Waals surface area contributed by atoms with Crippen molar-refractivity contribution in [1.82, 2.24) is 0 Å². The maximum atomic E-state index is 13.3. The van der Waals surface area contributed by atoms with E-state index in [4.69, 9.17) is 0 Å². The molecule has 2 aromatic rings. The summed E-state index contributed by atoms with van der Waals surface area (Å²) in [6.45, 7) is 4.80.